The molecule has 1 saturated carbocycles. The van der Waals surface area contributed by atoms with Crippen molar-refractivity contribution in [2.75, 3.05) is 6.54 Å². The first-order chi connectivity index (χ1) is 8.14. The lowest BCUT2D eigenvalue weighted by atomic mass is 9.81. The van der Waals surface area contributed by atoms with Gasteiger partial charge in [-0.15, -0.1) is 0 Å². The third-order valence-electron chi connectivity index (χ3n) is 3.91. The van der Waals surface area contributed by atoms with Gasteiger partial charge in [0.2, 0.25) is 5.91 Å². The van der Waals surface area contributed by atoms with E-state index < -0.39 is 5.41 Å². The summed E-state index contributed by atoms with van der Waals surface area (Å²) >= 11 is 0. The molecule has 0 bridgehead atoms. The summed E-state index contributed by atoms with van der Waals surface area (Å²) in [6.45, 7) is 4.92. The summed E-state index contributed by atoms with van der Waals surface area (Å²) in [5.74, 6) is 0.447. The Balaban J connectivity index is 2.59. The smallest absolute Gasteiger partial charge is 0.240 e. The molecule has 1 unspecified atom stereocenters. The second-order valence-electron chi connectivity index (χ2n) is 5.33. The Bertz CT molecular complexity index is 285. The Morgan fingerprint density at radius 1 is 1.35 bits per heavy atom. The highest BCUT2D eigenvalue weighted by Gasteiger charge is 2.38. The zero-order valence-electron chi connectivity index (χ0n) is 11.1. The van der Waals surface area contributed by atoms with Crippen molar-refractivity contribution in [1.82, 2.24) is 5.32 Å². The maximum absolute atomic E-state index is 12.2. The Hall–Kier alpha value is -1.04. The highest BCUT2D eigenvalue weighted by molar-refractivity contribution is 5.85. The number of amides is 1. The van der Waals surface area contributed by atoms with Crippen LogP contribution in [-0.2, 0) is 4.79 Å². The van der Waals surface area contributed by atoms with Gasteiger partial charge in [0, 0.05) is 6.54 Å². The number of rotatable bonds is 4. The average Bonchev–Trinajstić information content (AvgIpc) is 2.61. The third kappa shape index (κ3) is 3.73. The minimum Gasteiger partial charge on any atom is -0.354 e. The van der Waals surface area contributed by atoms with Crippen molar-refractivity contribution in [3.05, 3.63) is 0 Å². The SMILES string of the molecule is CCC(C)CNC(=O)C1(C#N)CCCCCC1. The Labute approximate surface area is 105 Å². The zero-order chi connectivity index (χ0) is 12.7. The summed E-state index contributed by atoms with van der Waals surface area (Å²) in [5.41, 5.74) is -0.746. The summed E-state index contributed by atoms with van der Waals surface area (Å²) < 4.78 is 0. The molecule has 0 aliphatic heterocycles. The van der Waals surface area contributed by atoms with Crippen LogP contribution in [0.3, 0.4) is 0 Å². The van der Waals surface area contributed by atoms with Crippen molar-refractivity contribution in [3.63, 3.8) is 0 Å². The lowest BCUT2D eigenvalue weighted by Gasteiger charge is -2.24. The molecule has 96 valence electrons. The molecule has 1 fully saturated rings. The number of nitrogens with one attached hydrogen (secondary N) is 1. The van der Waals surface area contributed by atoms with Gasteiger partial charge in [-0.2, -0.15) is 5.26 Å². The number of hydrogen-bond donors (Lipinski definition) is 1. The van der Waals surface area contributed by atoms with Crippen LogP contribution in [0.15, 0.2) is 0 Å². The van der Waals surface area contributed by atoms with Gasteiger partial charge < -0.3 is 5.32 Å². The van der Waals surface area contributed by atoms with Gasteiger partial charge in [0.15, 0.2) is 0 Å². The third-order valence-corrected chi connectivity index (χ3v) is 3.91. The van der Waals surface area contributed by atoms with E-state index in [0.29, 0.717) is 12.5 Å². The molecule has 17 heavy (non-hydrogen) atoms. The van der Waals surface area contributed by atoms with E-state index in [9.17, 15) is 10.1 Å². The first kappa shape index (κ1) is 14.0. The minimum atomic E-state index is -0.746. The molecule has 0 saturated heterocycles. The molecular weight excluding hydrogens is 212 g/mol. The molecule has 1 amide bonds. The summed E-state index contributed by atoms with van der Waals surface area (Å²) in [5, 5.41) is 12.3. The molecule has 0 aromatic heterocycles. The monoisotopic (exact) mass is 236 g/mol. The Morgan fingerprint density at radius 2 is 1.94 bits per heavy atom. The van der Waals surface area contributed by atoms with Crippen LogP contribution in [0, 0.1) is 22.7 Å². The van der Waals surface area contributed by atoms with E-state index in [1.807, 2.05) is 0 Å². The zero-order valence-corrected chi connectivity index (χ0v) is 11.1. The second-order valence-corrected chi connectivity index (χ2v) is 5.33. The molecule has 1 N–H and O–H groups in total. The number of carbonyl (C=O) groups is 1. The van der Waals surface area contributed by atoms with Gasteiger partial charge >= 0.3 is 0 Å². The van der Waals surface area contributed by atoms with Crippen LogP contribution in [0.1, 0.15) is 58.8 Å². The van der Waals surface area contributed by atoms with Crippen molar-refractivity contribution in [2.45, 2.75) is 58.8 Å². The van der Waals surface area contributed by atoms with E-state index in [1.54, 1.807) is 0 Å². The second kappa shape index (κ2) is 6.64. The number of nitriles is 1. The van der Waals surface area contributed by atoms with Crippen LogP contribution in [-0.4, -0.2) is 12.5 Å². The van der Waals surface area contributed by atoms with Crippen LogP contribution in [0.2, 0.25) is 0 Å². The molecule has 0 heterocycles. The summed E-state index contributed by atoms with van der Waals surface area (Å²) in [6, 6.07) is 2.29. The highest BCUT2D eigenvalue weighted by Crippen LogP contribution is 2.34. The summed E-state index contributed by atoms with van der Waals surface area (Å²) in [4.78, 5) is 12.2. The van der Waals surface area contributed by atoms with E-state index in [2.05, 4.69) is 25.2 Å². The molecule has 3 nitrogen and oxygen atoms in total. The first-order valence-electron chi connectivity index (χ1n) is 6.84. The molecule has 0 radical (unpaired) electrons. The summed E-state index contributed by atoms with van der Waals surface area (Å²) in [6.07, 6.45) is 6.84. The fourth-order valence-corrected chi connectivity index (χ4v) is 2.30. The fourth-order valence-electron chi connectivity index (χ4n) is 2.30. The van der Waals surface area contributed by atoms with E-state index in [0.717, 1.165) is 44.9 Å². The molecule has 3 heteroatoms. The maximum Gasteiger partial charge on any atom is 0.240 e. The number of nitrogens with zero attached hydrogens (tertiary/aromatic N) is 1. The Morgan fingerprint density at radius 3 is 2.41 bits per heavy atom. The van der Waals surface area contributed by atoms with Crippen LogP contribution >= 0.6 is 0 Å². The van der Waals surface area contributed by atoms with E-state index in [-0.39, 0.29) is 5.91 Å². The highest BCUT2D eigenvalue weighted by atomic mass is 16.2. The van der Waals surface area contributed by atoms with Crippen LogP contribution < -0.4 is 5.32 Å². The minimum absolute atomic E-state index is 0.0396. The first-order valence-corrected chi connectivity index (χ1v) is 6.84. The van der Waals surface area contributed by atoms with Crippen molar-refractivity contribution in [2.24, 2.45) is 11.3 Å². The van der Waals surface area contributed by atoms with Crippen molar-refractivity contribution in [1.29, 1.82) is 5.26 Å². The quantitative estimate of drug-likeness (QED) is 0.763. The van der Waals surface area contributed by atoms with Crippen molar-refractivity contribution >= 4 is 5.91 Å². The molecule has 0 spiro atoms. The maximum atomic E-state index is 12.2. The van der Waals surface area contributed by atoms with Gasteiger partial charge in [-0.3, -0.25) is 4.79 Å². The molecule has 1 rings (SSSR count). The number of hydrogen-bond acceptors (Lipinski definition) is 2. The topological polar surface area (TPSA) is 52.9 Å². The van der Waals surface area contributed by atoms with E-state index >= 15 is 0 Å². The van der Waals surface area contributed by atoms with Gasteiger partial charge in [0.25, 0.3) is 0 Å². The van der Waals surface area contributed by atoms with Gasteiger partial charge in [-0.25, -0.2) is 0 Å². The molecular formula is C14H24N2O. The Kier molecular flexibility index (Phi) is 5.47. The molecule has 0 aromatic carbocycles. The summed E-state index contributed by atoms with van der Waals surface area (Å²) in [7, 11) is 0. The number of carbonyl (C=O) groups excluding carboxylic acids is 1. The molecule has 0 aromatic rings. The van der Waals surface area contributed by atoms with Gasteiger partial charge in [0.1, 0.15) is 5.41 Å². The van der Waals surface area contributed by atoms with E-state index in [4.69, 9.17) is 0 Å². The average molecular weight is 236 g/mol. The largest absolute Gasteiger partial charge is 0.354 e. The fraction of sp³-hybridized carbons (Fsp3) is 0.857. The van der Waals surface area contributed by atoms with Gasteiger partial charge in [-0.1, -0.05) is 46.0 Å². The van der Waals surface area contributed by atoms with Gasteiger partial charge in [-0.05, 0) is 18.8 Å². The van der Waals surface area contributed by atoms with Crippen LogP contribution in [0.25, 0.3) is 0 Å². The predicted molar refractivity (Wildman–Crippen MR) is 68.2 cm³/mol. The van der Waals surface area contributed by atoms with Crippen LogP contribution in [0.4, 0.5) is 0 Å². The molecule has 1 atom stereocenters. The van der Waals surface area contributed by atoms with Gasteiger partial charge in [0.05, 0.1) is 6.07 Å². The standard InChI is InChI=1S/C14H24N2O/c1-3-12(2)10-16-13(17)14(11-15)8-6-4-5-7-9-14/h12H,3-10H2,1-2H3,(H,16,17). The van der Waals surface area contributed by atoms with Crippen LogP contribution in [0.5, 0.6) is 0 Å². The molecule has 1 aliphatic carbocycles. The normalized spacial score (nSPS) is 21.0. The van der Waals surface area contributed by atoms with E-state index in [1.165, 1.54) is 0 Å². The molecule has 1 aliphatic rings. The van der Waals surface area contributed by atoms with Crippen molar-refractivity contribution < 1.29 is 4.79 Å². The lowest BCUT2D eigenvalue weighted by Crippen LogP contribution is -2.41. The predicted octanol–water partition coefficient (Wildman–Crippen LogP) is 3.01. The van der Waals surface area contributed by atoms with Crippen molar-refractivity contribution in [3.8, 4) is 6.07 Å². The lowest BCUT2D eigenvalue weighted by molar-refractivity contribution is -0.129.